The smallest absolute Gasteiger partial charge is 0.389 e. The van der Waals surface area contributed by atoms with Gasteiger partial charge in [-0.2, -0.15) is 13.2 Å². The van der Waals surface area contributed by atoms with Crippen LogP contribution in [0.15, 0.2) is 24.3 Å². The molecule has 1 aromatic carbocycles. The molecule has 0 saturated heterocycles. The molecule has 5 heteroatoms. The average Bonchev–Trinajstić information content (AvgIpc) is 2.18. The molecule has 16 heavy (non-hydrogen) atoms. The van der Waals surface area contributed by atoms with Crippen LogP contribution in [-0.4, -0.2) is 17.4 Å². The van der Waals surface area contributed by atoms with Crippen LogP contribution in [0.4, 0.5) is 17.6 Å². The number of halogens is 4. The van der Waals surface area contributed by atoms with Crippen molar-refractivity contribution >= 4 is 0 Å². The third kappa shape index (κ3) is 4.61. The summed E-state index contributed by atoms with van der Waals surface area (Å²) < 4.78 is 48.6. The summed E-state index contributed by atoms with van der Waals surface area (Å²) in [4.78, 5) is 0. The molecule has 0 radical (unpaired) electrons. The summed E-state index contributed by atoms with van der Waals surface area (Å²) >= 11 is 0. The van der Waals surface area contributed by atoms with Crippen LogP contribution in [0.25, 0.3) is 0 Å². The molecule has 0 aliphatic heterocycles. The highest BCUT2D eigenvalue weighted by molar-refractivity contribution is 5.17. The second-order valence-electron chi connectivity index (χ2n) is 3.60. The lowest BCUT2D eigenvalue weighted by atomic mass is 10.0. The maximum atomic E-state index is 13.1. The highest BCUT2D eigenvalue weighted by atomic mass is 19.4. The number of hydrogen-bond donors (Lipinski definition) is 1. The van der Waals surface area contributed by atoms with Crippen LogP contribution in [-0.2, 0) is 6.42 Å². The van der Waals surface area contributed by atoms with Gasteiger partial charge in [-0.15, -0.1) is 0 Å². The molecule has 1 aromatic rings. The molecule has 0 aliphatic carbocycles. The molecule has 0 spiro atoms. The molecule has 0 amide bonds. The molecule has 0 saturated carbocycles. The fourth-order valence-corrected chi connectivity index (χ4v) is 1.35. The predicted octanol–water partition coefficient (Wildman–Crippen LogP) is 3.07. The summed E-state index contributed by atoms with van der Waals surface area (Å²) in [6, 6.07) is 5.73. The third-order valence-electron chi connectivity index (χ3n) is 2.17. The van der Waals surface area contributed by atoms with E-state index >= 15 is 0 Å². The lowest BCUT2D eigenvalue weighted by molar-refractivity contribution is -0.139. The van der Waals surface area contributed by atoms with Gasteiger partial charge in [0.15, 0.2) is 0 Å². The largest absolute Gasteiger partial charge is 0.393 e. The summed E-state index contributed by atoms with van der Waals surface area (Å²) in [5.41, 5.74) is 0.233. The molecule has 0 bridgehead atoms. The monoisotopic (exact) mass is 236 g/mol. The molecule has 0 aliphatic rings. The van der Waals surface area contributed by atoms with E-state index in [2.05, 4.69) is 0 Å². The fourth-order valence-electron chi connectivity index (χ4n) is 1.35. The zero-order valence-corrected chi connectivity index (χ0v) is 8.47. The summed E-state index contributed by atoms with van der Waals surface area (Å²) in [6.45, 7) is 0. The maximum Gasteiger partial charge on any atom is 0.389 e. The van der Waals surface area contributed by atoms with E-state index in [0.29, 0.717) is 0 Å². The zero-order valence-electron chi connectivity index (χ0n) is 8.47. The van der Waals surface area contributed by atoms with E-state index in [1.54, 1.807) is 6.07 Å². The Balaban J connectivity index is 2.46. The van der Waals surface area contributed by atoms with Crippen molar-refractivity contribution in [3.8, 4) is 0 Å². The van der Waals surface area contributed by atoms with Crippen LogP contribution >= 0.6 is 0 Å². The lowest BCUT2D eigenvalue weighted by Gasteiger charge is -2.12. The Morgan fingerprint density at radius 3 is 2.38 bits per heavy atom. The minimum absolute atomic E-state index is 0.0945. The average molecular weight is 236 g/mol. The Morgan fingerprint density at radius 2 is 1.81 bits per heavy atom. The second-order valence-corrected chi connectivity index (χ2v) is 3.60. The molecule has 0 heterocycles. The van der Waals surface area contributed by atoms with Crippen molar-refractivity contribution < 1.29 is 22.7 Å². The zero-order chi connectivity index (χ0) is 12.2. The molecule has 1 nitrogen and oxygen atoms in total. The van der Waals surface area contributed by atoms with Crippen molar-refractivity contribution in [3.05, 3.63) is 35.6 Å². The van der Waals surface area contributed by atoms with Gasteiger partial charge in [0, 0.05) is 12.8 Å². The summed E-state index contributed by atoms with van der Waals surface area (Å²) in [5.74, 6) is -0.506. The first-order valence-electron chi connectivity index (χ1n) is 4.87. The SMILES string of the molecule is OC(CCC(F)(F)F)Cc1ccccc1F. The van der Waals surface area contributed by atoms with Crippen LogP contribution in [0, 0.1) is 5.82 Å². The standard InChI is InChI=1S/C11H12F4O/c12-10-4-2-1-3-8(10)7-9(16)5-6-11(13,14)15/h1-4,9,16H,5-7H2. The molecule has 1 unspecified atom stereocenters. The lowest BCUT2D eigenvalue weighted by Crippen LogP contribution is -2.16. The minimum atomic E-state index is -4.28. The van der Waals surface area contributed by atoms with Gasteiger partial charge in [-0.3, -0.25) is 0 Å². The Bertz CT molecular complexity index is 335. The van der Waals surface area contributed by atoms with E-state index in [4.69, 9.17) is 0 Å². The first-order valence-corrected chi connectivity index (χ1v) is 4.87. The highest BCUT2D eigenvalue weighted by Crippen LogP contribution is 2.23. The van der Waals surface area contributed by atoms with Gasteiger partial charge in [-0.05, 0) is 18.1 Å². The van der Waals surface area contributed by atoms with Crippen molar-refractivity contribution in [3.63, 3.8) is 0 Å². The molecular formula is C11H12F4O. The highest BCUT2D eigenvalue weighted by Gasteiger charge is 2.27. The van der Waals surface area contributed by atoms with Gasteiger partial charge >= 0.3 is 6.18 Å². The van der Waals surface area contributed by atoms with Crippen LogP contribution in [0.1, 0.15) is 18.4 Å². The number of hydrogen-bond acceptors (Lipinski definition) is 1. The van der Waals surface area contributed by atoms with Crippen LogP contribution in [0.3, 0.4) is 0 Å². The first-order chi connectivity index (χ1) is 7.38. The molecule has 1 N–H and O–H groups in total. The van der Waals surface area contributed by atoms with Crippen molar-refractivity contribution in [2.75, 3.05) is 0 Å². The number of benzene rings is 1. The predicted molar refractivity (Wildman–Crippen MR) is 51.4 cm³/mol. The molecule has 0 aromatic heterocycles. The molecule has 1 rings (SSSR count). The van der Waals surface area contributed by atoms with Gasteiger partial charge in [0.25, 0.3) is 0 Å². The Hall–Kier alpha value is -1.10. The quantitative estimate of drug-likeness (QED) is 0.796. The van der Waals surface area contributed by atoms with E-state index in [1.807, 2.05) is 0 Å². The van der Waals surface area contributed by atoms with E-state index in [0.717, 1.165) is 0 Å². The minimum Gasteiger partial charge on any atom is -0.393 e. The summed E-state index contributed by atoms with van der Waals surface area (Å²) in [7, 11) is 0. The second kappa shape index (κ2) is 5.30. The van der Waals surface area contributed by atoms with Gasteiger partial charge in [0.1, 0.15) is 5.82 Å². The summed E-state index contributed by atoms with van der Waals surface area (Å²) in [6.07, 6.45) is -7.00. The Kier molecular flexibility index (Phi) is 4.29. The van der Waals surface area contributed by atoms with Crippen LogP contribution in [0.2, 0.25) is 0 Å². The van der Waals surface area contributed by atoms with Gasteiger partial charge < -0.3 is 5.11 Å². The number of rotatable bonds is 4. The normalized spacial score (nSPS) is 13.8. The van der Waals surface area contributed by atoms with Crippen LogP contribution in [0.5, 0.6) is 0 Å². The van der Waals surface area contributed by atoms with Gasteiger partial charge in [0.05, 0.1) is 6.10 Å². The van der Waals surface area contributed by atoms with Gasteiger partial charge in [-0.1, -0.05) is 18.2 Å². The molecule has 90 valence electrons. The van der Waals surface area contributed by atoms with Gasteiger partial charge in [-0.25, -0.2) is 4.39 Å². The molecule has 0 fully saturated rings. The number of aliphatic hydroxyl groups excluding tert-OH is 1. The summed E-state index contributed by atoms with van der Waals surface area (Å²) in [5, 5.41) is 9.32. The Labute approximate surface area is 90.7 Å². The first kappa shape index (κ1) is 13.0. The number of alkyl halides is 3. The molecular weight excluding hydrogens is 224 g/mol. The molecule has 1 atom stereocenters. The van der Waals surface area contributed by atoms with E-state index in [1.165, 1.54) is 18.2 Å². The maximum absolute atomic E-state index is 13.1. The van der Waals surface area contributed by atoms with E-state index in [-0.39, 0.29) is 12.0 Å². The fraction of sp³-hybridized carbons (Fsp3) is 0.455. The van der Waals surface area contributed by atoms with Crippen LogP contribution < -0.4 is 0 Å². The van der Waals surface area contributed by atoms with Gasteiger partial charge in [0.2, 0.25) is 0 Å². The van der Waals surface area contributed by atoms with E-state index < -0.39 is 30.9 Å². The van der Waals surface area contributed by atoms with Crippen molar-refractivity contribution in [2.45, 2.75) is 31.5 Å². The number of aliphatic hydroxyl groups is 1. The van der Waals surface area contributed by atoms with E-state index in [9.17, 15) is 22.7 Å². The van der Waals surface area contributed by atoms with Crippen molar-refractivity contribution in [1.82, 2.24) is 0 Å². The van der Waals surface area contributed by atoms with Crippen molar-refractivity contribution in [2.24, 2.45) is 0 Å². The topological polar surface area (TPSA) is 20.2 Å². The van der Waals surface area contributed by atoms with Crippen molar-refractivity contribution in [1.29, 1.82) is 0 Å². The Morgan fingerprint density at radius 1 is 1.19 bits per heavy atom. The third-order valence-corrected chi connectivity index (χ3v) is 2.17.